The van der Waals surface area contributed by atoms with E-state index in [2.05, 4.69) is 45.7 Å². The number of benzene rings is 1. The fourth-order valence-corrected chi connectivity index (χ4v) is 4.30. The van der Waals surface area contributed by atoms with E-state index in [-0.39, 0.29) is 5.91 Å². The zero-order valence-electron chi connectivity index (χ0n) is 18.3. The van der Waals surface area contributed by atoms with Gasteiger partial charge in [-0.05, 0) is 50.1 Å². The first-order valence-corrected chi connectivity index (χ1v) is 11.3. The quantitative estimate of drug-likeness (QED) is 0.401. The van der Waals surface area contributed by atoms with Crippen molar-refractivity contribution < 1.29 is 9.32 Å². The molecule has 0 saturated heterocycles. The Labute approximate surface area is 191 Å². The van der Waals surface area contributed by atoms with Crippen molar-refractivity contribution in [1.82, 2.24) is 25.2 Å². The molecule has 0 saturated carbocycles. The summed E-state index contributed by atoms with van der Waals surface area (Å²) < 4.78 is 7.09. The molecule has 3 heterocycles. The zero-order valence-corrected chi connectivity index (χ0v) is 19.1. The standard InChI is InChI=1S/C24H25N5O2S/c1-16-10-17(2)29(27-16)14-20-7-4-6-19(12-20)13-26-23(30)22-8-5-9-25-24(22)32-15-21-11-18(3)31-28-21/h4-12H,13-15H2,1-3H3,(H,26,30). The van der Waals surface area contributed by atoms with Crippen LogP contribution in [0.4, 0.5) is 0 Å². The van der Waals surface area contributed by atoms with E-state index in [1.165, 1.54) is 11.8 Å². The number of aromatic nitrogens is 4. The number of nitrogens with zero attached hydrogens (tertiary/aromatic N) is 4. The SMILES string of the molecule is Cc1cc(C)n(Cc2cccc(CNC(=O)c3cccnc3SCc3cc(C)on3)c2)n1. The number of pyridine rings is 1. The second-order valence-electron chi connectivity index (χ2n) is 7.66. The number of rotatable bonds is 8. The molecule has 3 aromatic heterocycles. The van der Waals surface area contributed by atoms with E-state index in [1.807, 2.05) is 36.7 Å². The highest BCUT2D eigenvalue weighted by Crippen LogP contribution is 2.24. The first kappa shape index (κ1) is 21.8. The van der Waals surface area contributed by atoms with Crippen molar-refractivity contribution in [2.75, 3.05) is 0 Å². The Balaban J connectivity index is 1.39. The monoisotopic (exact) mass is 447 g/mol. The van der Waals surface area contributed by atoms with Gasteiger partial charge in [0.15, 0.2) is 0 Å². The van der Waals surface area contributed by atoms with E-state index in [1.54, 1.807) is 18.3 Å². The van der Waals surface area contributed by atoms with Gasteiger partial charge in [-0.3, -0.25) is 9.48 Å². The Morgan fingerprint density at radius 2 is 1.94 bits per heavy atom. The number of amides is 1. The molecule has 1 aromatic carbocycles. The summed E-state index contributed by atoms with van der Waals surface area (Å²) in [5, 5.41) is 12.2. The molecule has 7 nitrogen and oxygen atoms in total. The van der Waals surface area contributed by atoms with E-state index in [9.17, 15) is 4.79 Å². The van der Waals surface area contributed by atoms with Gasteiger partial charge in [0.2, 0.25) is 0 Å². The second-order valence-corrected chi connectivity index (χ2v) is 8.63. The summed E-state index contributed by atoms with van der Waals surface area (Å²) in [6.45, 7) is 7.04. The molecule has 1 N–H and O–H groups in total. The van der Waals surface area contributed by atoms with Crippen molar-refractivity contribution in [3.8, 4) is 0 Å². The molecular weight excluding hydrogens is 422 g/mol. The fourth-order valence-electron chi connectivity index (χ4n) is 3.43. The van der Waals surface area contributed by atoms with E-state index in [4.69, 9.17) is 4.52 Å². The summed E-state index contributed by atoms with van der Waals surface area (Å²) in [5.74, 6) is 1.20. The van der Waals surface area contributed by atoms with Gasteiger partial charge in [-0.2, -0.15) is 5.10 Å². The van der Waals surface area contributed by atoms with Crippen LogP contribution in [-0.2, 0) is 18.8 Å². The predicted octanol–water partition coefficient (Wildman–Crippen LogP) is 4.46. The molecule has 0 aliphatic carbocycles. The smallest absolute Gasteiger partial charge is 0.254 e. The summed E-state index contributed by atoms with van der Waals surface area (Å²) >= 11 is 1.47. The largest absolute Gasteiger partial charge is 0.361 e. The van der Waals surface area contributed by atoms with Crippen molar-refractivity contribution in [1.29, 1.82) is 0 Å². The Morgan fingerprint density at radius 3 is 2.69 bits per heavy atom. The predicted molar refractivity (Wildman–Crippen MR) is 123 cm³/mol. The molecule has 4 rings (SSSR count). The Kier molecular flexibility index (Phi) is 6.70. The van der Waals surface area contributed by atoms with Crippen LogP contribution in [0, 0.1) is 20.8 Å². The van der Waals surface area contributed by atoms with Crippen molar-refractivity contribution in [3.05, 3.63) is 94.3 Å². The minimum Gasteiger partial charge on any atom is -0.361 e. The zero-order chi connectivity index (χ0) is 22.5. The van der Waals surface area contributed by atoms with Crippen LogP contribution in [0.25, 0.3) is 0 Å². The summed E-state index contributed by atoms with van der Waals surface area (Å²) in [7, 11) is 0. The third kappa shape index (κ3) is 5.45. The lowest BCUT2D eigenvalue weighted by Gasteiger charge is -2.10. The highest BCUT2D eigenvalue weighted by Gasteiger charge is 2.14. The molecule has 8 heteroatoms. The lowest BCUT2D eigenvalue weighted by atomic mass is 10.1. The van der Waals surface area contributed by atoms with Crippen LogP contribution in [0.1, 0.15) is 44.3 Å². The van der Waals surface area contributed by atoms with Crippen molar-refractivity contribution in [3.63, 3.8) is 0 Å². The van der Waals surface area contributed by atoms with Gasteiger partial charge < -0.3 is 9.84 Å². The van der Waals surface area contributed by atoms with Crippen molar-refractivity contribution in [2.24, 2.45) is 0 Å². The lowest BCUT2D eigenvalue weighted by molar-refractivity contribution is 0.0947. The molecule has 0 spiro atoms. The third-order valence-corrected chi connectivity index (χ3v) is 5.97. The molecule has 0 unspecified atom stereocenters. The van der Waals surface area contributed by atoms with E-state index in [0.717, 1.165) is 34.0 Å². The number of aryl methyl sites for hydroxylation is 3. The maximum Gasteiger partial charge on any atom is 0.254 e. The number of hydrogen-bond acceptors (Lipinski definition) is 6. The number of hydrogen-bond donors (Lipinski definition) is 1. The van der Waals surface area contributed by atoms with Gasteiger partial charge >= 0.3 is 0 Å². The summed E-state index contributed by atoms with van der Waals surface area (Å²) in [5.41, 5.74) is 5.69. The fraction of sp³-hybridized carbons (Fsp3) is 0.250. The molecule has 0 aliphatic rings. The molecular formula is C24H25N5O2S. The number of carbonyl (C=O) groups excluding carboxylic acids is 1. The molecule has 0 bridgehead atoms. The first-order chi connectivity index (χ1) is 15.5. The minimum absolute atomic E-state index is 0.152. The average Bonchev–Trinajstić information content (AvgIpc) is 3.34. The molecule has 164 valence electrons. The topological polar surface area (TPSA) is 85.8 Å². The van der Waals surface area contributed by atoms with Gasteiger partial charge in [0.25, 0.3) is 5.91 Å². The molecule has 0 atom stereocenters. The minimum atomic E-state index is -0.152. The van der Waals surface area contributed by atoms with Crippen LogP contribution in [0.5, 0.6) is 0 Å². The second kappa shape index (κ2) is 9.82. The Morgan fingerprint density at radius 1 is 1.09 bits per heavy atom. The number of nitrogens with one attached hydrogen (secondary N) is 1. The molecule has 0 fully saturated rings. The summed E-state index contributed by atoms with van der Waals surface area (Å²) in [4.78, 5) is 17.2. The maximum absolute atomic E-state index is 12.9. The highest BCUT2D eigenvalue weighted by molar-refractivity contribution is 7.98. The van der Waals surface area contributed by atoms with Gasteiger partial charge in [-0.1, -0.05) is 41.2 Å². The van der Waals surface area contributed by atoms with Crippen LogP contribution in [0.2, 0.25) is 0 Å². The third-order valence-electron chi connectivity index (χ3n) is 4.93. The van der Waals surface area contributed by atoms with Gasteiger partial charge in [0, 0.05) is 30.3 Å². The van der Waals surface area contributed by atoms with E-state index >= 15 is 0 Å². The van der Waals surface area contributed by atoms with Gasteiger partial charge in [0.05, 0.1) is 23.5 Å². The van der Waals surface area contributed by atoms with Crippen molar-refractivity contribution >= 4 is 17.7 Å². The average molecular weight is 448 g/mol. The van der Waals surface area contributed by atoms with Crippen LogP contribution < -0.4 is 5.32 Å². The first-order valence-electron chi connectivity index (χ1n) is 10.3. The molecule has 4 aromatic rings. The van der Waals surface area contributed by atoms with Gasteiger partial charge in [-0.25, -0.2) is 4.98 Å². The van der Waals surface area contributed by atoms with E-state index in [0.29, 0.717) is 29.4 Å². The van der Waals surface area contributed by atoms with Gasteiger partial charge in [-0.15, -0.1) is 0 Å². The summed E-state index contributed by atoms with van der Waals surface area (Å²) in [6.07, 6.45) is 1.69. The molecule has 32 heavy (non-hydrogen) atoms. The number of carbonyl (C=O) groups is 1. The normalized spacial score (nSPS) is 11.0. The van der Waals surface area contributed by atoms with Crippen LogP contribution >= 0.6 is 11.8 Å². The Bertz CT molecular complexity index is 1230. The highest BCUT2D eigenvalue weighted by atomic mass is 32.2. The molecule has 0 aliphatic heterocycles. The lowest BCUT2D eigenvalue weighted by Crippen LogP contribution is -2.23. The van der Waals surface area contributed by atoms with Crippen LogP contribution in [-0.4, -0.2) is 25.8 Å². The van der Waals surface area contributed by atoms with E-state index < -0.39 is 0 Å². The van der Waals surface area contributed by atoms with Crippen molar-refractivity contribution in [2.45, 2.75) is 44.6 Å². The van der Waals surface area contributed by atoms with Crippen LogP contribution in [0.3, 0.4) is 0 Å². The molecule has 0 radical (unpaired) electrons. The van der Waals surface area contributed by atoms with Gasteiger partial charge in [0.1, 0.15) is 10.8 Å². The maximum atomic E-state index is 12.9. The van der Waals surface area contributed by atoms with Crippen LogP contribution in [0.15, 0.2) is 64.3 Å². The number of thioether (sulfide) groups is 1. The molecule has 1 amide bonds. The Hall–Kier alpha value is -3.39. The summed E-state index contributed by atoms with van der Waals surface area (Å²) in [6, 6.07) is 15.7.